The Morgan fingerprint density at radius 1 is 0.561 bits per heavy atom. The van der Waals surface area contributed by atoms with Crippen LogP contribution in [-0.2, 0) is 66.7 Å². The highest BCUT2D eigenvalue weighted by molar-refractivity contribution is 5.99. The van der Waals surface area contributed by atoms with Crippen molar-refractivity contribution in [1.82, 2.24) is 105 Å². The van der Waals surface area contributed by atoms with Gasteiger partial charge in [0.1, 0.15) is 36.1 Å². The lowest BCUT2D eigenvalue weighted by Gasteiger charge is -2.25. The van der Waals surface area contributed by atoms with Gasteiger partial charge in [-0.2, -0.15) is 5.10 Å². The lowest BCUT2D eigenvalue weighted by Crippen LogP contribution is -2.26. The highest BCUT2D eigenvalue weighted by Crippen LogP contribution is 2.34. The highest BCUT2D eigenvalue weighted by atomic mass is 19.1. The van der Waals surface area contributed by atoms with E-state index in [2.05, 4.69) is 98.5 Å². The number of anilines is 3. The van der Waals surface area contributed by atoms with Crippen LogP contribution < -0.4 is 31.9 Å². The van der Waals surface area contributed by atoms with Gasteiger partial charge in [0, 0.05) is 116 Å². The molecule has 7 N–H and O–H groups in total. The number of aromatic nitrogens is 18. The zero-order valence-electron chi connectivity index (χ0n) is 54.1. The summed E-state index contributed by atoms with van der Waals surface area (Å²) in [6, 6.07) is 29.2. The van der Waals surface area contributed by atoms with E-state index in [1.165, 1.54) is 31.1 Å². The second-order valence-electron chi connectivity index (χ2n) is 23.7. The van der Waals surface area contributed by atoms with E-state index in [-0.39, 0.29) is 49.6 Å². The number of phenolic OH excluding ortho intramolecular Hbond substituents is 1. The van der Waals surface area contributed by atoms with E-state index >= 15 is 0 Å². The number of nitrogens with zero attached hydrogens (tertiary/aromatic N) is 18. The molecule has 1 aliphatic heterocycles. The third-order valence-corrected chi connectivity index (χ3v) is 17.0. The molecule has 3 amide bonds. The molecule has 0 fully saturated rings. The van der Waals surface area contributed by atoms with Gasteiger partial charge in [-0.1, -0.05) is 18.2 Å². The highest BCUT2D eigenvalue weighted by Gasteiger charge is 2.28. The molecule has 8 aromatic heterocycles. The van der Waals surface area contributed by atoms with Crippen LogP contribution in [0.1, 0.15) is 107 Å². The Balaban J connectivity index is 0.720. The molecule has 29 heteroatoms. The number of halogens is 1. The average Bonchev–Trinajstić information content (AvgIpc) is 1.51. The Morgan fingerprint density at radius 2 is 1.14 bits per heavy atom. The number of phenols is 1. The minimum absolute atomic E-state index is 0.0330. The van der Waals surface area contributed by atoms with Gasteiger partial charge in [0.15, 0.2) is 46.5 Å². The second kappa shape index (κ2) is 28.6. The fourth-order valence-electron chi connectivity index (χ4n) is 11.7. The Bertz CT molecular complexity index is 4920. The number of nitrogens with one attached hydrogen (secondary N) is 6. The van der Waals surface area contributed by atoms with Gasteiger partial charge in [-0.3, -0.25) is 24.0 Å². The molecular formula is C69H67FN24O4. The zero-order valence-corrected chi connectivity index (χ0v) is 54.1. The molecule has 0 saturated heterocycles. The van der Waals surface area contributed by atoms with Crippen molar-refractivity contribution < 1.29 is 23.9 Å². The molecule has 1 aliphatic rings. The van der Waals surface area contributed by atoms with Crippen LogP contribution in [-0.4, -0.2) is 118 Å². The van der Waals surface area contributed by atoms with E-state index in [0.717, 1.165) is 64.8 Å². The molecular weight excluding hydrogens is 1250 g/mol. The van der Waals surface area contributed by atoms with Gasteiger partial charge in [0.2, 0.25) is 0 Å². The number of fused-ring (bicyclic) bond motifs is 1. The van der Waals surface area contributed by atoms with E-state index in [9.17, 15) is 23.9 Å². The van der Waals surface area contributed by atoms with E-state index in [4.69, 9.17) is 10.1 Å². The van der Waals surface area contributed by atoms with E-state index in [1.807, 2.05) is 96.1 Å². The van der Waals surface area contributed by atoms with Crippen LogP contribution in [0.25, 0.3) is 45.7 Å². The summed E-state index contributed by atoms with van der Waals surface area (Å²) in [7, 11) is 5.56. The summed E-state index contributed by atoms with van der Waals surface area (Å²) in [6.45, 7) is 5.28. The van der Waals surface area contributed by atoms with E-state index < -0.39 is 17.5 Å². The van der Waals surface area contributed by atoms with Crippen LogP contribution in [0.4, 0.5) is 21.5 Å². The number of hydrogen-bond acceptors (Lipinski definition) is 21. The summed E-state index contributed by atoms with van der Waals surface area (Å²) in [5.74, 6) is 1.13. The van der Waals surface area contributed by atoms with Crippen LogP contribution in [0.5, 0.6) is 5.75 Å². The Morgan fingerprint density at radius 3 is 1.76 bits per heavy atom. The SMILES string of the molecule is Cc1cnc(CCNC(=O)c2cc(NCc3nnc(-c4cc(C5CCCc6c(CNC(=O)c7cccc(NCc8nnc(-c9ccncn9)n8C)c7)cnn65)ncn4)n3C)cc(-c3cc(NCc4nnc(-c5ccncn5)n4C)cc(C(=O)NCc4ccc(O)c(F)c4)c3)c2)c(C)c1. The van der Waals surface area contributed by atoms with Gasteiger partial charge in [0.05, 0.1) is 37.6 Å². The maximum atomic E-state index is 14.4. The quantitative estimate of drug-likeness (QED) is 0.0304. The molecule has 494 valence electrons. The Kier molecular flexibility index (Phi) is 18.7. The molecule has 4 aromatic carbocycles. The third kappa shape index (κ3) is 14.4. The van der Waals surface area contributed by atoms with Gasteiger partial charge in [-0.05, 0) is 146 Å². The fraction of sp³-hybridized carbons (Fsp3) is 0.232. The molecule has 13 rings (SSSR count). The molecule has 0 saturated carbocycles. The van der Waals surface area contributed by atoms with Crippen molar-refractivity contribution in [2.45, 2.75) is 78.3 Å². The molecule has 0 radical (unpaired) electrons. The van der Waals surface area contributed by atoms with Crippen LogP contribution >= 0.6 is 0 Å². The van der Waals surface area contributed by atoms with Crippen molar-refractivity contribution in [2.24, 2.45) is 21.1 Å². The standard InChI is InChI=1S/C69H67FN24O4/c1-40-20-41(2)53(77-30-40)16-19-73-68(97)46-22-44(45-23-47(69(98)78-31-42-12-13-60(95)52(70)21-42)28-51(26-45)75-35-62-86-89-65(92(62)4)55-15-18-72-38-81-55)25-50(27-46)76-36-63-87-90-66(93(63)5)57-29-56(82-39-83-57)59-11-7-10-58-48(33-84-94(58)59)32-79-67(96)43-8-6-9-49(24-43)74-34-61-85-88-64(91(61)3)54-14-17-71-37-80-54/h6,8-9,12-15,17-18,20-30,33,37-39,59,74-76,95H,7,10-11,16,19,31-32,34-36H2,1-5H3,(H,73,97)(H,78,98)(H,79,96). The van der Waals surface area contributed by atoms with Crippen molar-refractivity contribution in [3.8, 4) is 51.4 Å². The predicted octanol–water partition coefficient (Wildman–Crippen LogP) is 7.76. The van der Waals surface area contributed by atoms with E-state index in [1.54, 1.807) is 60.9 Å². The molecule has 0 spiro atoms. The molecule has 0 bridgehead atoms. The first-order valence-corrected chi connectivity index (χ1v) is 31.6. The van der Waals surface area contributed by atoms with Gasteiger partial charge in [-0.15, -0.1) is 30.6 Å². The number of benzene rings is 4. The first-order chi connectivity index (χ1) is 47.7. The maximum Gasteiger partial charge on any atom is 0.251 e. The number of aromatic hydroxyl groups is 1. The maximum absolute atomic E-state index is 14.4. The lowest BCUT2D eigenvalue weighted by molar-refractivity contribution is 0.0943. The number of carbonyl (C=O) groups excluding carboxylic acids is 3. The van der Waals surface area contributed by atoms with Crippen LogP contribution in [0.3, 0.4) is 0 Å². The number of carbonyl (C=O) groups is 3. The Hall–Kier alpha value is -12.6. The van der Waals surface area contributed by atoms with Crippen LogP contribution in [0.15, 0.2) is 147 Å². The lowest BCUT2D eigenvalue weighted by atomic mass is 9.98. The smallest absolute Gasteiger partial charge is 0.251 e. The van der Waals surface area contributed by atoms with Crippen molar-refractivity contribution in [1.29, 1.82) is 0 Å². The first kappa shape index (κ1) is 64.2. The average molecular weight is 1320 g/mol. The monoisotopic (exact) mass is 1310 g/mol. The summed E-state index contributed by atoms with van der Waals surface area (Å²) >= 11 is 0. The van der Waals surface area contributed by atoms with Gasteiger partial charge < -0.3 is 50.7 Å². The summed E-state index contributed by atoms with van der Waals surface area (Å²) < 4.78 is 21.9. The fourth-order valence-corrected chi connectivity index (χ4v) is 11.7. The molecule has 98 heavy (non-hydrogen) atoms. The summed E-state index contributed by atoms with van der Waals surface area (Å²) in [5.41, 5.74) is 12.0. The largest absolute Gasteiger partial charge is 0.505 e. The first-order valence-electron chi connectivity index (χ1n) is 31.6. The minimum atomic E-state index is -0.811. The summed E-state index contributed by atoms with van der Waals surface area (Å²) in [4.78, 5) is 72.8. The predicted molar refractivity (Wildman–Crippen MR) is 360 cm³/mol. The minimum Gasteiger partial charge on any atom is -0.505 e. The van der Waals surface area contributed by atoms with Gasteiger partial charge in [-0.25, -0.2) is 34.3 Å². The van der Waals surface area contributed by atoms with Gasteiger partial charge >= 0.3 is 0 Å². The van der Waals surface area contributed by atoms with E-state index in [0.29, 0.717) is 111 Å². The second-order valence-corrected chi connectivity index (χ2v) is 23.7. The van der Waals surface area contributed by atoms with Crippen LogP contribution in [0.2, 0.25) is 0 Å². The Labute approximate surface area is 560 Å². The topological polar surface area (TPSA) is 344 Å². The number of rotatable bonds is 24. The number of pyridine rings is 1. The number of amides is 3. The molecule has 28 nitrogen and oxygen atoms in total. The summed E-state index contributed by atoms with van der Waals surface area (Å²) in [6.07, 6.45) is 14.2. The molecule has 1 unspecified atom stereocenters. The molecule has 1 atom stereocenters. The third-order valence-electron chi connectivity index (χ3n) is 17.0. The molecule has 12 aromatic rings. The zero-order chi connectivity index (χ0) is 67.8. The van der Waals surface area contributed by atoms with Crippen molar-refractivity contribution in [3.63, 3.8) is 0 Å². The van der Waals surface area contributed by atoms with Crippen molar-refractivity contribution in [3.05, 3.63) is 226 Å². The molecule has 0 aliphatic carbocycles. The number of aryl methyl sites for hydroxylation is 2. The van der Waals surface area contributed by atoms with Gasteiger partial charge in [0.25, 0.3) is 17.7 Å². The van der Waals surface area contributed by atoms with Crippen molar-refractivity contribution in [2.75, 3.05) is 22.5 Å². The normalized spacial score (nSPS) is 12.6. The summed E-state index contributed by atoms with van der Waals surface area (Å²) in [5, 5.41) is 60.6. The van der Waals surface area contributed by atoms with Crippen LogP contribution in [0, 0.1) is 19.7 Å². The van der Waals surface area contributed by atoms with Crippen molar-refractivity contribution >= 4 is 34.8 Å². The molecule has 9 heterocycles. The number of hydrogen-bond donors (Lipinski definition) is 7.